The minimum atomic E-state index is -0.547. The molecule has 2 aliphatic rings. The first kappa shape index (κ1) is 18.7. The number of carbonyl (C=O) groups excluding carboxylic acids is 2. The third kappa shape index (κ3) is 3.69. The normalized spacial score (nSPS) is 20.7. The van der Waals surface area contributed by atoms with Crippen molar-refractivity contribution in [1.82, 2.24) is 5.32 Å². The van der Waals surface area contributed by atoms with Crippen LogP contribution in [0.2, 0.25) is 0 Å². The van der Waals surface area contributed by atoms with Crippen LogP contribution in [0.25, 0.3) is 6.08 Å². The van der Waals surface area contributed by atoms with E-state index in [1.165, 1.54) is 6.92 Å². The summed E-state index contributed by atoms with van der Waals surface area (Å²) in [4.78, 5) is 22.9. The highest BCUT2D eigenvalue weighted by molar-refractivity contribution is 6.56. The summed E-state index contributed by atoms with van der Waals surface area (Å²) in [7, 11) is -0.547. The molecule has 7 heteroatoms. The van der Waals surface area contributed by atoms with Crippen molar-refractivity contribution < 1.29 is 18.9 Å². The van der Waals surface area contributed by atoms with Gasteiger partial charge in [-0.05, 0) is 50.4 Å². The second kappa shape index (κ2) is 6.56. The Morgan fingerprint density at radius 1 is 1.27 bits per heavy atom. The molecule has 0 aromatic heterocycles. The summed E-state index contributed by atoms with van der Waals surface area (Å²) in [6.07, 6.45) is 2.36. The predicted molar refractivity (Wildman–Crippen MR) is 102 cm³/mol. The Hall–Kier alpha value is -2.12. The van der Waals surface area contributed by atoms with Gasteiger partial charge in [0.1, 0.15) is 0 Å². The molecule has 0 atom stereocenters. The van der Waals surface area contributed by atoms with Gasteiger partial charge in [-0.2, -0.15) is 0 Å². The molecule has 0 aliphatic carbocycles. The van der Waals surface area contributed by atoms with E-state index in [0.717, 1.165) is 22.3 Å². The van der Waals surface area contributed by atoms with E-state index in [1.807, 2.05) is 52.0 Å². The largest absolute Gasteiger partial charge is 0.492 e. The van der Waals surface area contributed by atoms with E-state index in [2.05, 4.69) is 10.6 Å². The number of anilines is 1. The van der Waals surface area contributed by atoms with E-state index in [1.54, 1.807) is 0 Å². The third-order valence-electron chi connectivity index (χ3n) is 5.21. The van der Waals surface area contributed by atoms with Gasteiger partial charge in [-0.3, -0.25) is 9.59 Å². The van der Waals surface area contributed by atoms with Crippen LogP contribution in [0, 0.1) is 0 Å². The molecule has 0 radical (unpaired) electrons. The first-order chi connectivity index (χ1) is 12.1. The number of benzene rings is 1. The maximum absolute atomic E-state index is 11.5. The highest BCUT2D eigenvalue weighted by Gasteiger charge is 2.52. The lowest BCUT2D eigenvalue weighted by molar-refractivity contribution is -0.118. The monoisotopic (exact) mass is 356 g/mol. The van der Waals surface area contributed by atoms with Crippen LogP contribution in [0.3, 0.4) is 0 Å². The first-order valence-electron chi connectivity index (χ1n) is 8.81. The topological polar surface area (TPSA) is 76.7 Å². The molecular weight excluding hydrogens is 331 g/mol. The third-order valence-corrected chi connectivity index (χ3v) is 5.21. The summed E-state index contributed by atoms with van der Waals surface area (Å²) in [6, 6.07) is 5.83. The molecule has 2 heterocycles. The van der Waals surface area contributed by atoms with Crippen LogP contribution in [0.15, 0.2) is 23.7 Å². The Labute approximate surface area is 154 Å². The van der Waals surface area contributed by atoms with Gasteiger partial charge in [0, 0.05) is 19.2 Å². The van der Waals surface area contributed by atoms with Crippen molar-refractivity contribution in [2.75, 3.05) is 11.9 Å². The number of hydrogen-bond acceptors (Lipinski definition) is 4. The molecule has 2 amide bonds. The summed E-state index contributed by atoms with van der Waals surface area (Å²) in [5.41, 5.74) is 2.64. The second-order valence-electron chi connectivity index (χ2n) is 7.86. The molecule has 0 bridgehead atoms. The molecule has 1 aromatic carbocycles. The van der Waals surface area contributed by atoms with Gasteiger partial charge >= 0.3 is 7.12 Å². The maximum Gasteiger partial charge on any atom is 0.492 e. The molecule has 26 heavy (non-hydrogen) atoms. The highest BCUT2D eigenvalue weighted by atomic mass is 16.7. The zero-order valence-corrected chi connectivity index (χ0v) is 15.9. The fraction of sp³-hybridized carbons (Fsp3) is 0.474. The summed E-state index contributed by atoms with van der Waals surface area (Å²) in [5, 5.41) is 5.68. The van der Waals surface area contributed by atoms with Crippen LogP contribution in [0.4, 0.5) is 5.69 Å². The van der Waals surface area contributed by atoms with Crippen LogP contribution in [-0.4, -0.2) is 36.7 Å². The zero-order valence-electron chi connectivity index (χ0n) is 15.9. The van der Waals surface area contributed by atoms with Crippen LogP contribution in [-0.2, 0) is 25.3 Å². The molecule has 1 fully saturated rings. The van der Waals surface area contributed by atoms with Gasteiger partial charge in [0.2, 0.25) is 11.8 Å². The fourth-order valence-corrected chi connectivity index (χ4v) is 2.96. The molecule has 138 valence electrons. The molecule has 3 rings (SSSR count). The van der Waals surface area contributed by atoms with Crippen molar-refractivity contribution in [3.63, 3.8) is 0 Å². The van der Waals surface area contributed by atoms with Crippen molar-refractivity contribution in [1.29, 1.82) is 0 Å². The Balaban J connectivity index is 1.89. The van der Waals surface area contributed by atoms with E-state index in [4.69, 9.17) is 9.31 Å². The number of nitrogens with one attached hydrogen (secondary N) is 2. The average Bonchev–Trinajstić information content (AvgIpc) is 2.98. The van der Waals surface area contributed by atoms with Gasteiger partial charge in [-0.1, -0.05) is 18.2 Å². The molecule has 1 aromatic rings. The Morgan fingerprint density at radius 3 is 2.54 bits per heavy atom. The Morgan fingerprint density at radius 2 is 1.92 bits per heavy atom. The summed E-state index contributed by atoms with van der Waals surface area (Å²) in [6.45, 7) is 9.78. The van der Waals surface area contributed by atoms with Crippen molar-refractivity contribution >= 4 is 30.7 Å². The maximum atomic E-state index is 11.5. The van der Waals surface area contributed by atoms with Crippen molar-refractivity contribution in [3.8, 4) is 0 Å². The van der Waals surface area contributed by atoms with E-state index >= 15 is 0 Å². The summed E-state index contributed by atoms with van der Waals surface area (Å²) in [5.74, 6) is -0.112. The lowest BCUT2D eigenvalue weighted by Gasteiger charge is -2.32. The van der Waals surface area contributed by atoms with Gasteiger partial charge in [0.25, 0.3) is 0 Å². The molecule has 1 saturated heterocycles. The minimum absolute atomic E-state index is 0.00515. The van der Waals surface area contributed by atoms with Gasteiger partial charge < -0.3 is 19.9 Å². The summed E-state index contributed by atoms with van der Waals surface area (Å²) < 4.78 is 12.3. The molecule has 0 saturated carbocycles. The van der Waals surface area contributed by atoms with Crippen molar-refractivity contribution in [3.05, 3.63) is 34.8 Å². The van der Waals surface area contributed by atoms with E-state index in [0.29, 0.717) is 13.0 Å². The average molecular weight is 356 g/mol. The van der Waals surface area contributed by atoms with E-state index in [9.17, 15) is 9.59 Å². The number of rotatable bonds is 4. The standard InChI is InChI=1S/C19H25BN2O4/c1-12(23)21-11-15(20-25-18(2,3)19(4,5)26-20)8-13-6-7-14-10-17(24)22-16(14)9-13/h6-9H,10-11H2,1-5H3,(H,21,23)(H,22,24). The van der Waals surface area contributed by atoms with Gasteiger partial charge in [0.05, 0.1) is 17.6 Å². The first-order valence-corrected chi connectivity index (χ1v) is 8.81. The lowest BCUT2D eigenvalue weighted by Crippen LogP contribution is -2.41. The quantitative estimate of drug-likeness (QED) is 0.812. The number of hydrogen-bond donors (Lipinski definition) is 2. The lowest BCUT2D eigenvalue weighted by atomic mass is 9.77. The van der Waals surface area contributed by atoms with Gasteiger partial charge in [-0.25, -0.2) is 0 Å². The molecular formula is C19H25BN2O4. The van der Waals surface area contributed by atoms with E-state index < -0.39 is 18.3 Å². The minimum Gasteiger partial charge on any atom is -0.400 e. The second-order valence-corrected chi connectivity index (χ2v) is 7.86. The van der Waals surface area contributed by atoms with Crippen LogP contribution < -0.4 is 10.6 Å². The molecule has 0 unspecified atom stereocenters. The van der Waals surface area contributed by atoms with Crippen molar-refractivity contribution in [2.24, 2.45) is 0 Å². The molecule has 0 spiro atoms. The van der Waals surface area contributed by atoms with Crippen molar-refractivity contribution in [2.45, 2.75) is 52.2 Å². The van der Waals surface area contributed by atoms with E-state index in [-0.39, 0.29) is 11.8 Å². The Bertz CT molecular complexity index is 770. The Kier molecular flexibility index (Phi) is 4.71. The predicted octanol–water partition coefficient (Wildman–Crippen LogP) is 2.33. The van der Waals surface area contributed by atoms with Gasteiger partial charge in [-0.15, -0.1) is 0 Å². The molecule has 6 nitrogen and oxygen atoms in total. The smallest absolute Gasteiger partial charge is 0.400 e. The SMILES string of the molecule is CC(=O)NCC(=Cc1ccc2c(c1)NC(=O)C2)B1OC(C)(C)C(C)(C)O1. The number of fused-ring (bicyclic) bond motifs is 1. The number of carbonyl (C=O) groups is 2. The van der Waals surface area contributed by atoms with Crippen LogP contribution in [0.1, 0.15) is 45.7 Å². The zero-order chi connectivity index (χ0) is 19.1. The highest BCUT2D eigenvalue weighted by Crippen LogP contribution is 2.39. The fourth-order valence-electron chi connectivity index (χ4n) is 2.96. The van der Waals surface area contributed by atoms with Crippen LogP contribution in [0.5, 0.6) is 0 Å². The summed E-state index contributed by atoms with van der Waals surface area (Å²) >= 11 is 0. The molecule has 2 N–H and O–H groups in total. The number of amides is 2. The molecule has 2 aliphatic heterocycles. The van der Waals surface area contributed by atoms with Crippen LogP contribution >= 0.6 is 0 Å². The van der Waals surface area contributed by atoms with Gasteiger partial charge in [0.15, 0.2) is 0 Å².